The van der Waals surface area contributed by atoms with E-state index in [0.29, 0.717) is 11.7 Å². The van der Waals surface area contributed by atoms with E-state index >= 15 is 0 Å². The highest BCUT2D eigenvalue weighted by molar-refractivity contribution is 5.46. The lowest BCUT2D eigenvalue weighted by molar-refractivity contribution is -0.385. The van der Waals surface area contributed by atoms with E-state index in [1.165, 1.54) is 18.9 Å². The molecule has 6 nitrogen and oxygen atoms in total. The maximum Gasteiger partial charge on any atom is 0.290 e. The predicted molar refractivity (Wildman–Crippen MR) is 69.9 cm³/mol. The first-order valence-electron chi connectivity index (χ1n) is 6.14. The second-order valence-electron chi connectivity index (χ2n) is 4.70. The largest absolute Gasteiger partial charge is 0.358 e. The lowest BCUT2D eigenvalue weighted by atomic mass is 10.2. The maximum absolute atomic E-state index is 10.7. The summed E-state index contributed by atoms with van der Waals surface area (Å²) in [6.07, 6.45) is 2.39. The Hall–Kier alpha value is -1.69. The molecule has 6 heteroatoms. The molecule has 0 aromatic carbocycles. The van der Waals surface area contributed by atoms with E-state index < -0.39 is 4.92 Å². The van der Waals surface area contributed by atoms with Crippen molar-refractivity contribution < 1.29 is 4.92 Å². The Morgan fingerprint density at radius 1 is 1.61 bits per heavy atom. The Labute approximate surface area is 106 Å². The molecular weight excluding hydrogens is 232 g/mol. The van der Waals surface area contributed by atoms with Crippen molar-refractivity contribution in [3.8, 4) is 0 Å². The lowest BCUT2D eigenvalue weighted by Gasteiger charge is -2.22. The number of hydrogen-bond donors (Lipinski definition) is 1. The van der Waals surface area contributed by atoms with Gasteiger partial charge in [0.1, 0.15) is 11.5 Å². The van der Waals surface area contributed by atoms with Crippen molar-refractivity contribution in [2.45, 2.75) is 25.8 Å². The van der Waals surface area contributed by atoms with Crippen molar-refractivity contribution in [3.63, 3.8) is 0 Å². The van der Waals surface area contributed by atoms with Crippen LogP contribution in [0.3, 0.4) is 0 Å². The number of nitro groups is 1. The van der Waals surface area contributed by atoms with Crippen LogP contribution in [0.25, 0.3) is 0 Å². The molecule has 1 unspecified atom stereocenters. The molecule has 0 radical (unpaired) electrons. The Balaban J connectivity index is 2.08. The number of nitrogens with zero attached hydrogens (tertiary/aromatic N) is 3. The number of nitrogens with one attached hydrogen (secondary N) is 1. The fourth-order valence-electron chi connectivity index (χ4n) is 2.28. The quantitative estimate of drug-likeness (QED) is 0.647. The van der Waals surface area contributed by atoms with Crippen molar-refractivity contribution in [2.24, 2.45) is 0 Å². The highest BCUT2D eigenvalue weighted by atomic mass is 16.6. The second-order valence-corrected chi connectivity index (χ2v) is 4.70. The molecule has 98 valence electrons. The van der Waals surface area contributed by atoms with Gasteiger partial charge in [-0.2, -0.15) is 0 Å². The first kappa shape index (κ1) is 12.8. The van der Waals surface area contributed by atoms with Crippen molar-refractivity contribution in [1.82, 2.24) is 10.3 Å². The van der Waals surface area contributed by atoms with Gasteiger partial charge in [-0.3, -0.25) is 10.1 Å². The summed E-state index contributed by atoms with van der Waals surface area (Å²) in [4.78, 5) is 16.7. The summed E-state index contributed by atoms with van der Waals surface area (Å²) in [7, 11) is 1.97. The normalized spacial score (nSPS) is 18.9. The van der Waals surface area contributed by atoms with Gasteiger partial charge in [0.2, 0.25) is 0 Å². The van der Waals surface area contributed by atoms with Crippen molar-refractivity contribution in [1.29, 1.82) is 0 Å². The minimum absolute atomic E-state index is 0.0751. The average Bonchev–Trinajstić information content (AvgIpc) is 2.81. The number of likely N-dealkylation sites (N-methyl/N-ethyl adjacent to an activating group) is 1. The zero-order valence-corrected chi connectivity index (χ0v) is 10.7. The van der Waals surface area contributed by atoms with Crippen LogP contribution in [0.15, 0.2) is 12.1 Å². The van der Waals surface area contributed by atoms with Crippen LogP contribution in [0.1, 0.15) is 18.5 Å². The monoisotopic (exact) mass is 250 g/mol. The Bertz CT molecular complexity index is 444. The highest BCUT2D eigenvalue weighted by Crippen LogP contribution is 2.20. The molecule has 1 saturated heterocycles. The van der Waals surface area contributed by atoms with Crippen LogP contribution in [-0.2, 0) is 0 Å². The molecule has 1 aliphatic heterocycles. The van der Waals surface area contributed by atoms with E-state index in [2.05, 4.69) is 10.3 Å². The third-order valence-electron chi connectivity index (χ3n) is 3.29. The van der Waals surface area contributed by atoms with Crippen LogP contribution in [-0.4, -0.2) is 36.1 Å². The molecule has 2 rings (SSSR count). The van der Waals surface area contributed by atoms with Gasteiger partial charge in [-0.25, -0.2) is 4.98 Å². The van der Waals surface area contributed by atoms with E-state index in [1.54, 1.807) is 13.0 Å². The Morgan fingerprint density at radius 3 is 2.94 bits per heavy atom. The molecular formula is C12H18N4O2. The van der Waals surface area contributed by atoms with Gasteiger partial charge < -0.3 is 10.2 Å². The molecule has 1 aromatic rings. The number of pyridine rings is 1. The van der Waals surface area contributed by atoms with Gasteiger partial charge in [0.05, 0.1) is 4.92 Å². The summed E-state index contributed by atoms with van der Waals surface area (Å²) in [6, 6.07) is 3.73. The molecule has 1 fully saturated rings. The average molecular weight is 250 g/mol. The second kappa shape index (κ2) is 5.30. The van der Waals surface area contributed by atoms with Gasteiger partial charge >= 0.3 is 0 Å². The van der Waals surface area contributed by atoms with E-state index in [1.807, 2.05) is 11.9 Å². The molecule has 0 amide bonds. The van der Waals surface area contributed by atoms with Crippen LogP contribution >= 0.6 is 0 Å². The van der Waals surface area contributed by atoms with E-state index in [9.17, 15) is 10.1 Å². The molecule has 1 aliphatic rings. The summed E-state index contributed by atoms with van der Waals surface area (Å²) >= 11 is 0. The molecule has 1 N–H and O–H groups in total. The van der Waals surface area contributed by atoms with Crippen LogP contribution in [0, 0.1) is 17.0 Å². The van der Waals surface area contributed by atoms with E-state index in [-0.39, 0.29) is 5.69 Å². The fraction of sp³-hybridized carbons (Fsp3) is 0.583. The van der Waals surface area contributed by atoms with Crippen molar-refractivity contribution in [3.05, 3.63) is 27.9 Å². The van der Waals surface area contributed by atoms with Gasteiger partial charge in [0, 0.05) is 25.7 Å². The van der Waals surface area contributed by atoms with Gasteiger partial charge in [-0.15, -0.1) is 0 Å². The van der Waals surface area contributed by atoms with Crippen LogP contribution < -0.4 is 10.2 Å². The van der Waals surface area contributed by atoms with Gasteiger partial charge in [0.15, 0.2) is 0 Å². The molecule has 18 heavy (non-hydrogen) atoms. The standard InChI is InChI=1S/C12H18N4O2/c1-9-11(16(17)18)5-6-12(14-9)15(2)8-10-4-3-7-13-10/h5-6,10,13H,3-4,7-8H2,1-2H3. The topological polar surface area (TPSA) is 71.3 Å². The molecule has 0 bridgehead atoms. The Kier molecular flexibility index (Phi) is 3.76. The third-order valence-corrected chi connectivity index (χ3v) is 3.29. The number of aromatic nitrogens is 1. The summed E-state index contributed by atoms with van der Waals surface area (Å²) in [5.41, 5.74) is 0.537. The minimum Gasteiger partial charge on any atom is -0.358 e. The van der Waals surface area contributed by atoms with Crippen molar-refractivity contribution in [2.75, 3.05) is 25.0 Å². The number of hydrogen-bond acceptors (Lipinski definition) is 5. The predicted octanol–water partition coefficient (Wildman–Crippen LogP) is 1.49. The molecule has 0 spiro atoms. The summed E-state index contributed by atoms with van der Waals surface area (Å²) in [5, 5.41) is 14.1. The molecule has 1 aromatic heterocycles. The molecule has 2 heterocycles. The zero-order chi connectivity index (χ0) is 13.1. The van der Waals surface area contributed by atoms with Gasteiger partial charge in [-0.1, -0.05) is 0 Å². The first-order chi connectivity index (χ1) is 8.58. The fourth-order valence-corrected chi connectivity index (χ4v) is 2.28. The molecule has 0 saturated carbocycles. The van der Waals surface area contributed by atoms with E-state index in [4.69, 9.17) is 0 Å². The number of rotatable bonds is 4. The van der Waals surface area contributed by atoms with Gasteiger partial charge in [-0.05, 0) is 32.4 Å². The highest BCUT2D eigenvalue weighted by Gasteiger charge is 2.18. The number of anilines is 1. The van der Waals surface area contributed by atoms with Crippen molar-refractivity contribution >= 4 is 11.5 Å². The molecule has 0 aliphatic carbocycles. The summed E-state index contributed by atoms with van der Waals surface area (Å²) in [6.45, 7) is 3.62. The van der Waals surface area contributed by atoms with Crippen LogP contribution in [0.2, 0.25) is 0 Å². The van der Waals surface area contributed by atoms with Crippen LogP contribution in [0.5, 0.6) is 0 Å². The summed E-state index contributed by atoms with van der Waals surface area (Å²) < 4.78 is 0. The van der Waals surface area contributed by atoms with E-state index in [0.717, 1.165) is 18.9 Å². The van der Waals surface area contributed by atoms with Crippen LogP contribution in [0.4, 0.5) is 11.5 Å². The maximum atomic E-state index is 10.7. The minimum atomic E-state index is -0.398. The first-order valence-corrected chi connectivity index (χ1v) is 6.14. The SMILES string of the molecule is Cc1nc(N(C)CC2CCCN2)ccc1[N+](=O)[O-]. The number of aryl methyl sites for hydroxylation is 1. The molecule has 1 atom stereocenters. The summed E-state index contributed by atoms with van der Waals surface area (Å²) in [5.74, 6) is 0.784. The van der Waals surface area contributed by atoms with Gasteiger partial charge in [0.25, 0.3) is 5.69 Å². The smallest absolute Gasteiger partial charge is 0.290 e. The lowest BCUT2D eigenvalue weighted by Crippen LogP contribution is -2.35. The third kappa shape index (κ3) is 2.76. The zero-order valence-electron chi connectivity index (χ0n) is 10.7. The Morgan fingerprint density at radius 2 is 2.39 bits per heavy atom.